The van der Waals surface area contributed by atoms with Gasteiger partial charge in [-0.25, -0.2) is 4.98 Å². The smallest absolute Gasteiger partial charge is 0.251 e. The molecule has 0 saturated heterocycles. The first kappa shape index (κ1) is 20.7. The van der Waals surface area contributed by atoms with Gasteiger partial charge >= 0.3 is 0 Å². The van der Waals surface area contributed by atoms with Crippen LogP contribution in [0.4, 0.5) is 0 Å². The van der Waals surface area contributed by atoms with Crippen LogP contribution in [0.3, 0.4) is 0 Å². The number of aryl methyl sites for hydroxylation is 1. The van der Waals surface area contributed by atoms with Gasteiger partial charge in [0.05, 0.1) is 24.9 Å². The lowest BCUT2D eigenvalue weighted by molar-refractivity contribution is 0.0954. The van der Waals surface area contributed by atoms with Crippen LogP contribution in [0.2, 0.25) is 0 Å². The number of amides is 1. The van der Waals surface area contributed by atoms with E-state index < -0.39 is 0 Å². The van der Waals surface area contributed by atoms with Crippen molar-refractivity contribution in [1.29, 1.82) is 0 Å². The molecule has 0 aliphatic rings. The predicted molar refractivity (Wildman–Crippen MR) is 113 cm³/mol. The molecular formula is C22H24N2O4S. The fourth-order valence-corrected chi connectivity index (χ4v) is 3.42. The van der Waals surface area contributed by atoms with E-state index in [0.29, 0.717) is 30.9 Å². The van der Waals surface area contributed by atoms with Crippen LogP contribution in [0.5, 0.6) is 17.2 Å². The van der Waals surface area contributed by atoms with Crippen molar-refractivity contribution >= 4 is 17.2 Å². The summed E-state index contributed by atoms with van der Waals surface area (Å²) in [5.41, 5.74) is 2.47. The molecule has 1 amide bonds. The summed E-state index contributed by atoms with van der Waals surface area (Å²) in [6.07, 6.45) is 0.639. The molecule has 152 valence electrons. The molecule has 0 radical (unpaired) electrons. The first-order valence-electron chi connectivity index (χ1n) is 9.22. The number of nitrogens with zero attached hydrogens (tertiary/aromatic N) is 1. The largest absolute Gasteiger partial charge is 0.497 e. The Labute approximate surface area is 174 Å². The number of methoxy groups -OCH3 is 2. The highest BCUT2D eigenvalue weighted by Gasteiger charge is 2.09. The van der Waals surface area contributed by atoms with Crippen LogP contribution < -0.4 is 19.5 Å². The van der Waals surface area contributed by atoms with Gasteiger partial charge in [-0.15, -0.1) is 11.3 Å². The van der Waals surface area contributed by atoms with Gasteiger partial charge < -0.3 is 19.5 Å². The van der Waals surface area contributed by atoms with E-state index >= 15 is 0 Å². The highest BCUT2D eigenvalue weighted by Crippen LogP contribution is 2.24. The van der Waals surface area contributed by atoms with Gasteiger partial charge in [-0.1, -0.05) is 0 Å². The second kappa shape index (κ2) is 9.93. The van der Waals surface area contributed by atoms with E-state index in [4.69, 9.17) is 14.2 Å². The average Bonchev–Trinajstić information content (AvgIpc) is 3.17. The number of hydrogen-bond donors (Lipinski definition) is 1. The van der Waals surface area contributed by atoms with Crippen molar-refractivity contribution in [2.75, 3.05) is 20.8 Å². The zero-order valence-corrected chi connectivity index (χ0v) is 17.5. The van der Waals surface area contributed by atoms with E-state index in [1.165, 1.54) is 0 Å². The van der Waals surface area contributed by atoms with Crippen molar-refractivity contribution < 1.29 is 19.0 Å². The molecule has 1 aromatic heterocycles. The average molecular weight is 413 g/mol. The lowest BCUT2D eigenvalue weighted by atomic mass is 10.1. The minimum absolute atomic E-state index is 0.131. The van der Waals surface area contributed by atoms with Gasteiger partial charge in [0.15, 0.2) is 0 Å². The lowest BCUT2D eigenvalue weighted by Crippen LogP contribution is -2.25. The number of hydrogen-bond acceptors (Lipinski definition) is 6. The van der Waals surface area contributed by atoms with Gasteiger partial charge in [-0.2, -0.15) is 0 Å². The van der Waals surface area contributed by atoms with Crippen LogP contribution in [0.25, 0.3) is 0 Å². The first-order chi connectivity index (χ1) is 14.1. The zero-order valence-electron chi connectivity index (χ0n) is 16.7. The maximum Gasteiger partial charge on any atom is 0.251 e. The van der Waals surface area contributed by atoms with Gasteiger partial charge in [0.25, 0.3) is 5.91 Å². The second-order valence-electron chi connectivity index (χ2n) is 6.35. The summed E-state index contributed by atoms with van der Waals surface area (Å²) < 4.78 is 16.3. The van der Waals surface area contributed by atoms with E-state index in [9.17, 15) is 4.79 Å². The molecule has 3 rings (SSSR count). The first-order valence-corrected chi connectivity index (χ1v) is 10.1. The summed E-state index contributed by atoms with van der Waals surface area (Å²) in [4.78, 5) is 16.8. The number of benzene rings is 2. The normalized spacial score (nSPS) is 10.4. The van der Waals surface area contributed by atoms with Crippen molar-refractivity contribution in [3.8, 4) is 17.2 Å². The summed E-state index contributed by atoms with van der Waals surface area (Å²) in [6.45, 7) is 2.87. The number of carbonyl (C=O) groups is 1. The lowest BCUT2D eigenvalue weighted by Gasteiger charge is -2.11. The van der Waals surface area contributed by atoms with Crippen molar-refractivity contribution in [2.45, 2.75) is 20.0 Å². The Morgan fingerprint density at radius 3 is 2.48 bits per heavy atom. The molecule has 3 aromatic rings. The Kier molecular flexibility index (Phi) is 7.08. The van der Waals surface area contributed by atoms with Gasteiger partial charge in [0.1, 0.15) is 23.9 Å². The molecule has 2 aromatic carbocycles. The summed E-state index contributed by atoms with van der Waals surface area (Å²) in [5.74, 6) is 2.11. The summed E-state index contributed by atoms with van der Waals surface area (Å²) >= 11 is 1.60. The SMILES string of the molecule is COc1ccc(OC)c(CCNC(=O)c2ccc(OCc3csc(C)n3)cc2)c1. The van der Waals surface area contributed by atoms with Crippen LogP contribution >= 0.6 is 11.3 Å². The van der Waals surface area contributed by atoms with E-state index in [1.807, 2.05) is 30.5 Å². The maximum absolute atomic E-state index is 12.4. The highest BCUT2D eigenvalue weighted by atomic mass is 32.1. The monoisotopic (exact) mass is 412 g/mol. The van der Waals surface area contributed by atoms with Crippen molar-refractivity contribution in [1.82, 2.24) is 10.3 Å². The number of thiazole rings is 1. The number of ether oxygens (including phenoxy) is 3. The molecule has 0 spiro atoms. The van der Waals surface area contributed by atoms with Crippen LogP contribution in [-0.2, 0) is 13.0 Å². The fraction of sp³-hybridized carbons (Fsp3) is 0.273. The van der Waals surface area contributed by atoms with E-state index in [0.717, 1.165) is 27.8 Å². The van der Waals surface area contributed by atoms with Gasteiger partial charge in [-0.05, 0) is 61.4 Å². The Balaban J connectivity index is 1.50. The quantitative estimate of drug-likeness (QED) is 0.575. The van der Waals surface area contributed by atoms with Crippen LogP contribution in [0.15, 0.2) is 47.8 Å². The fourth-order valence-electron chi connectivity index (χ4n) is 2.82. The van der Waals surface area contributed by atoms with E-state index in [1.54, 1.807) is 49.8 Å². The number of nitrogens with one attached hydrogen (secondary N) is 1. The second-order valence-corrected chi connectivity index (χ2v) is 7.42. The summed E-state index contributed by atoms with van der Waals surface area (Å²) in [6, 6.07) is 12.7. The van der Waals surface area contributed by atoms with Gasteiger partial charge in [0.2, 0.25) is 0 Å². The van der Waals surface area contributed by atoms with E-state index in [2.05, 4.69) is 10.3 Å². The molecule has 6 nitrogen and oxygen atoms in total. The van der Waals surface area contributed by atoms with Gasteiger partial charge in [-0.3, -0.25) is 4.79 Å². The molecule has 0 atom stereocenters. The van der Waals surface area contributed by atoms with E-state index in [-0.39, 0.29) is 5.91 Å². The van der Waals surface area contributed by atoms with Crippen molar-refractivity contribution in [3.05, 3.63) is 69.7 Å². The van der Waals surface area contributed by atoms with Crippen molar-refractivity contribution in [3.63, 3.8) is 0 Å². The minimum Gasteiger partial charge on any atom is -0.497 e. The minimum atomic E-state index is -0.131. The predicted octanol–water partition coefficient (Wildman–Crippen LogP) is 4.02. The third kappa shape index (κ3) is 5.71. The third-order valence-corrected chi connectivity index (χ3v) is 5.16. The number of carbonyl (C=O) groups excluding carboxylic acids is 1. The zero-order chi connectivity index (χ0) is 20.6. The molecule has 0 unspecified atom stereocenters. The van der Waals surface area contributed by atoms with Crippen LogP contribution in [0.1, 0.15) is 26.6 Å². The number of aromatic nitrogens is 1. The molecule has 0 saturated carbocycles. The maximum atomic E-state index is 12.4. The van der Waals surface area contributed by atoms with Gasteiger partial charge in [0, 0.05) is 17.5 Å². The Morgan fingerprint density at radius 2 is 1.83 bits per heavy atom. The van der Waals surface area contributed by atoms with Crippen molar-refractivity contribution in [2.24, 2.45) is 0 Å². The molecule has 7 heteroatoms. The summed E-state index contributed by atoms with van der Waals surface area (Å²) in [5, 5.41) is 5.93. The molecule has 1 N–H and O–H groups in total. The highest BCUT2D eigenvalue weighted by molar-refractivity contribution is 7.09. The molecule has 29 heavy (non-hydrogen) atoms. The molecule has 0 aliphatic carbocycles. The Hall–Kier alpha value is -3.06. The van der Waals surface area contributed by atoms with Crippen LogP contribution in [0, 0.1) is 6.92 Å². The molecule has 0 bridgehead atoms. The molecular weight excluding hydrogens is 388 g/mol. The third-order valence-electron chi connectivity index (χ3n) is 4.34. The standard InChI is InChI=1S/C22H24N2O4S/c1-15-24-18(14-29-15)13-28-19-6-4-16(5-7-19)22(25)23-11-10-17-12-20(26-2)8-9-21(17)27-3/h4-9,12,14H,10-11,13H2,1-3H3,(H,23,25). The Morgan fingerprint density at radius 1 is 1.07 bits per heavy atom. The topological polar surface area (TPSA) is 69.7 Å². The molecule has 1 heterocycles. The molecule has 0 fully saturated rings. The number of rotatable bonds is 9. The summed E-state index contributed by atoms with van der Waals surface area (Å²) in [7, 11) is 3.25. The van der Waals surface area contributed by atoms with Crippen LogP contribution in [-0.4, -0.2) is 31.7 Å². The Bertz CT molecular complexity index is 954. The molecule has 0 aliphatic heterocycles.